The Hall–Kier alpha value is -7.17. The van der Waals surface area contributed by atoms with Crippen LogP contribution in [0.1, 0.15) is 6.85 Å². The molecule has 0 saturated heterocycles. The van der Waals surface area contributed by atoms with E-state index < -0.39 is 18.1 Å². The summed E-state index contributed by atoms with van der Waals surface area (Å²) in [5, 5.41) is 4.84. The smallest absolute Gasteiger partial charge is 0.164 e. The first-order chi connectivity index (χ1) is 28.4. The third-order valence-electron chi connectivity index (χ3n) is 10.3. The monoisotopic (exact) mass is 679 g/mol. The van der Waals surface area contributed by atoms with E-state index in [9.17, 15) is 0 Å². The Morgan fingerprint density at radius 1 is 0.358 bits per heavy atom. The van der Waals surface area contributed by atoms with Crippen molar-refractivity contribution in [3.63, 3.8) is 0 Å². The molecule has 0 aliphatic heterocycles. The van der Waals surface area contributed by atoms with Gasteiger partial charge >= 0.3 is 0 Å². The molecule has 2 heterocycles. The maximum absolute atomic E-state index is 8.79. The van der Waals surface area contributed by atoms with Crippen LogP contribution in [0.4, 0.5) is 0 Å². The average molecular weight is 680 g/mol. The van der Waals surface area contributed by atoms with E-state index in [4.69, 9.17) is 21.8 Å². The highest BCUT2D eigenvalue weighted by Crippen LogP contribution is 2.50. The van der Waals surface area contributed by atoms with E-state index in [1.165, 1.54) is 43.8 Å². The van der Waals surface area contributed by atoms with E-state index in [1.807, 2.05) is 54.6 Å². The van der Waals surface area contributed by atoms with Crippen LogP contribution in [0.2, 0.25) is 0 Å². The molecule has 0 saturated carbocycles. The number of hydrogen-bond acceptors (Lipinski definition) is 3. The van der Waals surface area contributed by atoms with Crippen LogP contribution >= 0.6 is 0 Å². The lowest BCUT2D eigenvalue weighted by atomic mass is 9.93. The van der Waals surface area contributed by atoms with E-state index in [2.05, 4.69) is 102 Å². The lowest BCUT2D eigenvalue weighted by Gasteiger charge is -2.18. The van der Waals surface area contributed by atoms with Crippen molar-refractivity contribution in [2.45, 2.75) is 0 Å². The fraction of sp³-hybridized carbons (Fsp3) is 0. The average Bonchev–Trinajstić information content (AvgIpc) is 3.56. The SMILES string of the molecule is [2H]c1c([2H])c([2H])c(-c2nc(-c3ccccc3)nc(-c3ccccc3-c3ccccc3-n3c4cccc5c4c4c6c(cccc6ccc43)-c3ccccc3-5)n2)c([2H])c1[2H]. The van der Waals surface area contributed by atoms with Crippen LogP contribution in [0, 0.1) is 0 Å². The minimum absolute atomic E-state index is 0.00344. The molecule has 0 atom stereocenters. The summed E-state index contributed by atoms with van der Waals surface area (Å²) in [5.41, 5.74) is 11.1. The van der Waals surface area contributed by atoms with E-state index >= 15 is 0 Å². The zero-order valence-corrected chi connectivity index (χ0v) is 28.2. The molecule has 8 aromatic carbocycles. The largest absolute Gasteiger partial charge is 0.309 e. The number of fused-ring (bicyclic) bond motifs is 3. The summed E-state index contributed by atoms with van der Waals surface area (Å²) in [6, 6.07) is 49.8. The quantitative estimate of drug-likeness (QED) is 0.182. The van der Waals surface area contributed by atoms with Crippen LogP contribution in [-0.2, 0) is 0 Å². The number of aromatic nitrogens is 4. The fourth-order valence-electron chi connectivity index (χ4n) is 8.08. The second-order valence-electron chi connectivity index (χ2n) is 13.2. The topological polar surface area (TPSA) is 43.6 Å². The van der Waals surface area contributed by atoms with Crippen molar-refractivity contribution in [3.05, 3.63) is 182 Å². The zero-order valence-electron chi connectivity index (χ0n) is 33.2. The summed E-state index contributed by atoms with van der Waals surface area (Å²) in [6.45, 7) is 0. The maximum atomic E-state index is 8.79. The molecule has 2 aromatic heterocycles. The van der Waals surface area contributed by atoms with Crippen LogP contribution in [0.3, 0.4) is 0 Å². The van der Waals surface area contributed by atoms with Gasteiger partial charge in [0.15, 0.2) is 17.5 Å². The second-order valence-corrected chi connectivity index (χ2v) is 13.2. The molecule has 0 N–H and O–H groups in total. The minimum Gasteiger partial charge on any atom is -0.309 e. The van der Waals surface area contributed by atoms with Crippen molar-refractivity contribution in [2.75, 3.05) is 0 Å². The van der Waals surface area contributed by atoms with Crippen LogP contribution in [0.25, 0.3) is 106 Å². The Morgan fingerprint density at radius 3 is 1.66 bits per heavy atom. The van der Waals surface area contributed by atoms with Crippen molar-refractivity contribution >= 4 is 32.6 Å². The van der Waals surface area contributed by atoms with Crippen molar-refractivity contribution < 1.29 is 6.85 Å². The normalized spacial score (nSPS) is 13.1. The molecule has 0 unspecified atom stereocenters. The highest BCUT2D eigenvalue weighted by molar-refractivity contribution is 6.30. The molecule has 11 rings (SSSR count). The third kappa shape index (κ3) is 4.52. The third-order valence-corrected chi connectivity index (χ3v) is 10.3. The van der Waals surface area contributed by atoms with Crippen LogP contribution in [-0.4, -0.2) is 19.5 Å². The van der Waals surface area contributed by atoms with Crippen molar-refractivity contribution in [1.29, 1.82) is 0 Å². The Balaban J connectivity index is 1.19. The molecule has 53 heavy (non-hydrogen) atoms. The Morgan fingerprint density at radius 2 is 0.906 bits per heavy atom. The molecule has 0 fully saturated rings. The number of benzene rings is 8. The van der Waals surface area contributed by atoms with Gasteiger partial charge in [0, 0.05) is 33.0 Å². The van der Waals surface area contributed by atoms with Gasteiger partial charge in [0.1, 0.15) is 0 Å². The minimum atomic E-state index is -0.477. The summed E-state index contributed by atoms with van der Waals surface area (Å²) in [7, 11) is 0. The molecule has 0 amide bonds. The molecular weight excluding hydrogens is 645 g/mol. The Kier molecular flexibility index (Phi) is 5.49. The van der Waals surface area contributed by atoms with Gasteiger partial charge in [-0.15, -0.1) is 0 Å². The molecular formula is C49H30N4. The van der Waals surface area contributed by atoms with Crippen LogP contribution in [0.15, 0.2) is 182 Å². The van der Waals surface area contributed by atoms with Crippen LogP contribution < -0.4 is 0 Å². The van der Waals surface area contributed by atoms with Gasteiger partial charge in [-0.2, -0.15) is 0 Å². The summed E-state index contributed by atoms with van der Waals surface area (Å²) < 4.78 is 44.9. The van der Waals surface area contributed by atoms with Gasteiger partial charge in [0.05, 0.1) is 23.6 Å². The summed E-state index contributed by atoms with van der Waals surface area (Å²) in [4.78, 5) is 14.6. The lowest BCUT2D eigenvalue weighted by Crippen LogP contribution is -2.02. The van der Waals surface area contributed by atoms with Gasteiger partial charge in [-0.3, -0.25) is 0 Å². The van der Waals surface area contributed by atoms with Crippen molar-refractivity contribution in [1.82, 2.24) is 19.5 Å². The molecule has 0 spiro atoms. The molecule has 4 heteroatoms. The van der Waals surface area contributed by atoms with Gasteiger partial charge in [-0.1, -0.05) is 164 Å². The molecule has 246 valence electrons. The second kappa shape index (κ2) is 11.7. The summed E-state index contributed by atoms with van der Waals surface area (Å²) >= 11 is 0. The molecule has 1 aliphatic rings. The highest BCUT2D eigenvalue weighted by Gasteiger charge is 2.26. The van der Waals surface area contributed by atoms with E-state index in [0.29, 0.717) is 22.8 Å². The molecule has 4 nitrogen and oxygen atoms in total. The van der Waals surface area contributed by atoms with E-state index in [1.54, 1.807) is 0 Å². The molecule has 10 aromatic rings. The molecule has 1 aliphatic carbocycles. The number of nitrogens with zero attached hydrogens (tertiary/aromatic N) is 4. The number of hydrogen-bond donors (Lipinski definition) is 0. The number of para-hydroxylation sites is 1. The van der Waals surface area contributed by atoms with Gasteiger partial charge < -0.3 is 4.57 Å². The zero-order chi connectivity index (χ0) is 39.2. The van der Waals surface area contributed by atoms with Crippen molar-refractivity contribution in [3.8, 4) is 73.2 Å². The van der Waals surface area contributed by atoms with E-state index in [-0.39, 0.29) is 23.5 Å². The van der Waals surface area contributed by atoms with Crippen molar-refractivity contribution in [2.24, 2.45) is 0 Å². The highest BCUT2D eigenvalue weighted by atomic mass is 15.0. The van der Waals surface area contributed by atoms with Gasteiger partial charge in [-0.05, 0) is 56.8 Å². The first-order valence-electron chi connectivity index (χ1n) is 20.1. The summed E-state index contributed by atoms with van der Waals surface area (Å²) in [6.07, 6.45) is 0. The predicted octanol–water partition coefficient (Wildman–Crippen LogP) is 12.4. The standard InChI is InChI=1S/C49H30N4/c1-3-15-32(16-4-1)47-50-48(33-17-5-2-6-18-33)52-49(51-47)40-24-10-9-22-36(40)37-23-11-12-27-41(37)53-42-28-14-26-39-35-21-8-7-20-34(35)38-25-13-19-31-29-30-43(53)46(44(31)38)45(39)42/h1-30H/i1D,3D,4D,15D,16D. The fourth-order valence-corrected chi connectivity index (χ4v) is 8.08. The lowest BCUT2D eigenvalue weighted by molar-refractivity contribution is 1.07. The predicted molar refractivity (Wildman–Crippen MR) is 218 cm³/mol. The van der Waals surface area contributed by atoms with Gasteiger partial charge in [0.2, 0.25) is 0 Å². The van der Waals surface area contributed by atoms with E-state index in [0.717, 1.165) is 27.8 Å². The first-order valence-corrected chi connectivity index (χ1v) is 17.6. The van der Waals surface area contributed by atoms with Gasteiger partial charge in [-0.25, -0.2) is 15.0 Å². The first kappa shape index (κ1) is 24.9. The molecule has 0 radical (unpaired) electrons. The molecule has 0 bridgehead atoms. The maximum Gasteiger partial charge on any atom is 0.164 e. The van der Waals surface area contributed by atoms with Gasteiger partial charge in [0.25, 0.3) is 0 Å². The number of rotatable bonds is 5. The Bertz CT molecular complexity index is 3330. The summed E-state index contributed by atoms with van der Waals surface area (Å²) in [5.74, 6) is 0.631. The van der Waals surface area contributed by atoms with Crippen LogP contribution in [0.5, 0.6) is 0 Å². The Labute approximate surface area is 313 Å².